The van der Waals surface area contributed by atoms with Crippen LogP contribution in [0.1, 0.15) is 125 Å². The van der Waals surface area contributed by atoms with Gasteiger partial charge in [0.25, 0.3) is 35.4 Å². The number of carboxylic acid groups (broad SMARTS) is 1. The number of amides is 8. The van der Waals surface area contributed by atoms with Crippen LogP contribution >= 0.6 is 0 Å². The highest BCUT2D eigenvalue weighted by molar-refractivity contribution is 6.25. The van der Waals surface area contributed by atoms with Gasteiger partial charge in [-0.2, -0.15) is 0 Å². The SMILES string of the molecule is CN1C(=O)CCC(N2C(=O)c3cccc(CCCOCCOCCOCCOCCOCCC(=O)O)c3C2=O)C1=O.CN1C(=O)CCC(N2C(=O)c3cccc(CCCOCCOCCOCCOCCOCCC(=O)OC(C)(C)C)c3C2=O)C1=O. The van der Waals surface area contributed by atoms with E-state index in [4.69, 9.17) is 57.2 Å². The molecule has 0 radical (unpaired) electrons. The average molecular weight is 1210 g/mol. The van der Waals surface area contributed by atoms with Crippen molar-refractivity contribution in [3.63, 3.8) is 0 Å². The van der Waals surface area contributed by atoms with E-state index < -0.39 is 59.1 Å². The molecule has 476 valence electrons. The van der Waals surface area contributed by atoms with E-state index in [0.717, 1.165) is 30.7 Å². The van der Waals surface area contributed by atoms with Crippen molar-refractivity contribution in [2.75, 3.05) is 146 Å². The number of carboxylic acids is 1. The Balaban J connectivity index is 0.000000315. The maximum Gasteiger partial charge on any atom is 0.308 e. The predicted octanol–water partition coefficient (Wildman–Crippen LogP) is 3.10. The molecule has 8 amide bonds. The van der Waals surface area contributed by atoms with Crippen molar-refractivity contribution in [1.29, 1.82) is 0 Å². The van der Waals surface area contributed by atoms with Gasteiger partial charge in [-0.05, 0) is 82.6 Å². The Morgan fingerprint density at radius 3 is 1.09 bits per heavy atom. The van der Waals surface area contributed by atoms with Crippen LogP contribution in [0, 0.1) is 0 Å². The molecule has 86 heavy (non-hydrogen) atoms. The van der Waals surface area contributed by atoms with Crippen LogP contribution in [0.2, 0.25) is 0 Å². The Morgan fingerprint density at radius 1 is 0.453 bits per heavy atom. The van der Waals surface area contributed by atoms with Gasteiger partial charge in [-0.25, -0.2) is 0 Å². The molecule has 2 unspecified atom stereocenters. The van der Waals surface area contributed by atoms with E-state index in [1.54, 1.807) is 30.3 Å². The number of hydrogen-bond donors (Lipinski definition) is 1. The Morgan fingerprint density at radius 2 is 0.767 bits per heavy atom. The Labute approximate surface area is 501 Å². The molecular formula is C60H84N4O22. The van der Waals surface area contributed by atoms with E-state index in [-0.39, 0.29) is 74.0 Å². The summed E-state index contributed by atoms with van der Waals surface area (Å²) in [5, 5.41) is 8.49. The number of piperidine rings is 2. The first-order chi connectivity index (χ1) is 41.3. The van der Waals surface area contributed by atoms with Gasteiger partial charge in [0.15, 0.2) is 0 Å². The zero-order valence-corrected chi connectivity index (χ0v) is 50.1. The lowest BCUT2D eigenvalue weighted by atomic mass is 9.99. The number of carbonyl (C=O) groups is 10. The number of aryl methyl sites for hydroxylation is 2. The Kier molecular flexibility index (Phi) is 30.5. The summed E-state index contributed by atoms with van der Waals surface area (Å²) in [5.41, 5.74) is 2.18. The summed E-state index contributed by atoms with van der Waals surface area (Å²) in [6.07, 6.45) is 2.98. The van der Waals surface area contributed by atoms with Crippen LogP contribution in [-0.2, 0) is 93.7 Å². The Bertz CT molecular complexity index is 2610. The molecule has 4 aliphatic rings. The minimum Gasteiger partial charge on any atom is -0.481 e. The highest BCUT2D eigenvalue weighted by Gasteiger charge is 2.48. The molecule has 0 bridgehead atoms. The van der Waals surface area contributed by atoms with Gasteiger partial charge < -0.3 is 57.2 Å². The molecule has 26 nitrogen and oxygen atoms in total. The second-order valence-corrected chi connectivity index (χ2v) is 21.1. The van der Waals surface area contributed by atoms with Gasteiger partial charge in [-0.1, -0.05) is 24.3 Å². The van der Waals surface area contributed by atoms with Crippen LogP contribution in [0.15, 0.2) is 36.4 Å². The summed E-state index contributed by atoms with van der Waals surface area (Å²) in [7, 11) is 2.74. The molecule has 2 fully saturated rings. The van der Waals surface area contributed by atoms with E-state index in [1.807, 2.05) is 26.8 Å². The third kappa shape index (κ3) is 22.4. The number of likely N-dealkylation sites (tertiary alicyclic amines) is 2. The molecular weight excluding hydrogens is 1130 g/mol. The van der Waals surface area contributed by atoms with Gasteiger partial charge in [0, 0.05) is 40.2 Å². The number of benzene rings is 2. The van der Waals surface area contributed by atoms with Crippen molar-refractivity contribution in [3.8, 4) is 0 Å². The molecule has 0 spiro atoms. The first-order valence-electron chi connectivity index (χ1n) is 29.1. The quantitative estimate of drug-likeness (QED) is 0.0569. The maximum atomic E-state index is 13.3. The van der Waals surface area contributed by atoms with Gasteiger partial charge in [-0.3, -0.25) is 67.5 Å². The lowest BCUT2D eigenvalue weighted by Gasteiger charge is -2.32. The van der Waals surface area contributed by atoms with E-state index in [1.165, 1.54) is 14.1 Å². The molecule has 4 heterocycles. The summed E-state index contributed by atoms with van der Waals surface area (Å²) < 4.78 is 59.5. The molecule has 26 heteroatoms. The molecule has 6 rings (SSSR count). The molecule has 2 saturated heterocycles. The van der Waals surface area contributed by atoms with Crippen LogP contribution in [-0.4, -0.2) is 248 Å². The number of hydrogen-bond acceptors (Lipinski definition) is 21. The third-order valence-electron chi connectivity index (χ3n) is 13.7. The summed E-state index contributed by atoms with van der Waals surface area (Å²) in [6, 6.07) is 8.32. The molecule has 2 atom stereocenters. The minimum absolute atomic E-state index is 0.0243. The average Bonchev–Trinajstić information content (AvgIpc) is 1.68. The monoisotopic (exact) mass is 1210 g/mol. The largest absolute Gasteiger partial charge is 0.481 e. The fourth-order valence-corrected chi connectivity index (χ4v) is 9.40. The number of fused-ring (bicyclic) bond motifs is 2. The van der Waals surface area contributed by atoms with Crippen LogP contribution in [0.4, 0.5) is 0 Å². The number of esters is 1. The summed E-state index contributed by atoms with van der Waals surface area (Å²) in [4.78, 5) is 127. The summed E-state index contributed by atoms with van der Waals surface area (Å²) in [6.45, 7) is 13.3. The Hall–Kier alpha value is -6.46. The predicted molar refractivity (Wildman–Crippen MR) is 303 cm³/mol. The molecule has 2 aromatic rings. The normalized spacial score (nSPS) is 17.0. The number of nitrogens with zero attached hydrogens (tertiary/aromatic N) is 4. The first kappa shape index (κ1) is 70.3. The van der Waals surface area contributed by atoms with Crippen molar-refractivity contribution >= 4 is 59.2 Å². The maximum absolute atomic E-state index is 13.3. The second kappa shape index (κ2) is 37.3. The molecule has 0 saturated carbocycles. The van der Waals surface area contributed by atoms with Gasteiger partial charge >= 0.3 is 11.9 Å². The van der Waals surface area contributed by atoms with Gasteiger partial charge in [0.1, 0.15) is 17.7 Å². The van der Waals surface area contributed by atoms with Crippen molar-refractivity contribution < 1.29 is 105 Å². The summed E-state index contributed by atoms with van der Waals surface area (Å²) in [5.74, 6) is -4.88. The van der Waals surface area contributed by atoms with Gasteiger partial charge in [0.2, 0.25) is 11.8 Å². The molecule has 0 aliphatic carbocycles. The van der Waals surface area contributed by atoms with Gasteiger partial charge in [0.05, 0.1) is 154 Å². The molecule has 1 N–H and O–H groups in total. The minimum atomic E-state index is -0.969. The number of ether oxygens (including phenoxy) is 11. The summed E-state index contributed by atoms with van der Waals surface area (Å²) >= 11 is 0. The topological polar surface area (TPSA) is 305 Å². The van der Waals surface area contributed by atoms with Crippen LogP contribution < -0.4 is 0 Å². The van der Waals surface area contributed by atoms with Crippen LogP contribution in [0.5, 0.6) is 0 Å². The van der Waals surface area contributed by atoms with Crippen LogP contribution in [0.3, 0.4) is 0 Å². The van der Waals surface area contributed by atoms with E-state index >= 15 is 0 Å². The second-order valence-electron chi connectivity index (χ2n) is 21.1. The first-order valence-corrected chi connectivity index (χ1v) is 29.1. The zero-order chi connectivity index (χ0) is 62.4. The fraction of sp³-hybridized carbons (Fsp3) is 0.633. The standard InChI is InChI=1S/C32H46N2O11.C28H38N2O11/c1-32(2,3)45-27(36)12-14-41-16-18-43-20-22-44-21-19-42-17-15-40-13-6-8-23-7-5-9-24-28(23)31(39)34(29(24)37)25-10-11-26(35)33(4)30(25)38;1-29-23(31)8-7-22(27(29)35)30-26(34)21-6-2-4-20(25(21)28(30)36)5-3-10-37-12-14-39-16-18-41-19-17-40-15-13-38-11-9-24(32)33/h5,7,9,25H,6,8,10-22H2,1-4H3;2,4,6,22H,3,5,7-19H2,1H3,(H,32,33). The zero-order valence-electron chi connectivity index (χ0n) is 50.1. The van der Waals surface area contributed by atoms with E-state index in [0.29, 0.717) is 162 Å². The number of likely N-dealkylation sites (N-methyl/N-ethyl adjacent to an activating group) is 2. The smallest absolute Gasteiger partial charge is 0.308 e. The van der Waals surface area contributed by atoms with E-state index in [9.17, 15) is 47.9 Å². The van der Waals surface area contributed by atoms with Gasteiger partial charge in [-0.15, -0.1) is 0 Å². The lowest BCUT2D eigenvalue weighted by Crippen LogP contribution is -2.54. The number of carbonyl (C=O) groups excluding carboxylic acids is 9. The van der Waals surface area contributed by atoms with Crippen molar-refractivity contribution in [1.82, 2.24) is 19.6 Å². The van der Waals surface area contributed by atoms with E-state index in [2.05, 4.69) is 0 Å². The van der Waals surface area contributed by atoms with Crippen molar-refractivity contribution in [2.24, 2.45) is 0 Å². The lowest BCUT2D eigenvalue weighted by molar-refractivity contribution is -0.156. The fourth-order valence-electron chi connectivity index (χ4n) is 9.40. The molecule has 4 aliphatic heterocycles. The number of imide groups is 4. The van der Waals surface area contributed by atoms with Crippen LogP contribution in [0.25, 0.3) is 0 Å². The number of aliphatic carboxylic acids is 1. The highest BCUT2D eigenvalue weighted by atomic mass is 16.6. The van der Waals surface area contributed by atoms with Crippen molar-refractivity contribution in [2.45, 2.75) is 103 Å². The molecule has 2 aromatic carbocycles. The third-order valence-corrected chi connectivity index (χ3v) is 13.7. The molecule has 0 aromatic heterocycles. The van der Waals surface area contributed by atoms with Crippen molar-refractivity contribution in [3.05, 3.63) is 69.8 Å². The highest BCUT2D eigenvalue weighted by Crippen LogP contribution is 2.33. The number of rotatable bonds is 40.